The van der Waals surface area contributed by atoms with E-state index in [4.69, 9.17) is 5.11 Å². The Bertz CT molecular complexity index is 332. The third kappa shape index (κ3) is 4.23. The van der Waals surface area contributed by atoms with Crippen LogP contribution in [-0.2, 0) is 9.59 Å². The average Bonchev–Trinajstić information content (AvgIpc) is 2.75. The molecule has 3 N–H and O–H groups in total. The quantitative estimate of drug-likeness (QED) is 0.633. The monoisotopic (exact) mass is 257 g/mol. The molecule has 1 rings (SSSR count). The van der Waals surface area contributed by atoms with Crippen molar-refractivity contribution in [2.75, 3.05) is 20.1 Å². The maximum absolute atomic E-state index is 11.8. The van der Waals surface area contributed by atoms with Gasteiger partial charge in [0.15, 0.2) is 0 Å². The lowest BCUT2D eigenvalue weighted by Crippen LogP contribution is -2.44. The molecule has 0 aromatic rings. The number of likely N-dealkylation sites (tertiary alicyclic amines) is 1. The first kappa shape index (κ1) is 14.3. The van der Waals surface area contributed by atoms with Crippen molar-refractivity contribution in [2.24, 2.45) is 0 Å². The third-order valence-corrected chi connectivity index (χ3v) is 2.96. The van der Waals surface area contributed by atoms with Crippen molar-refractivity contribution in [2.45, 2.75) is 31.7 Å². The van der Waals surface area contributed by atoms with Crippen molar-refractivity contribution < 1.29 is 19.5 Å². The van der Waals surface area contributed by atoms with Crippen molar-refractivity contribution in [3.05, 3.63) is 0 Å². The minimum atomic E-state index is -0.898. The number of carboxylic acid groups (broad SMARTS) is 1. The molecule has 0 bridgehead atoms. The van der Waals surface area contributed by atoms with Crippen LogP contribution in [0.5, 0.6) is 0 Å². The first-order chi connectivity index (χ1) is 8.54. The van der Waals surface area contributed by atoms with Crippen LogP contribution in [0.2, 0.25) is 0 Å². The summed E-state index contributed by atoms with van der Waals surface area (Å²) in [4.78, 5) is 35.0. The van der Waals surface area contributed by atoms with E-state index in [1.54, 1.807) is 0 Å². The predicted molar refractivity (Wildman–Crippen MR) is 64.1 cm³/mol. The van der Waals surface area contributed by atoms with Gasteiger partial charge in [0, 0.05) is 32.6 Å². The summed E-state index contributed by atoms with van der Waals surface area (Å²) in [5, 5.41) is 13.8. The molecule has 1 saturated heterocycles. The molecule has 1 fully saturated rings. The second-order valence-electron chi connectivity index (χ2n) is 4.24. The van der Waals surface area contributed by atoms with Crippen LogP contribution in [0.1, 0.15) is 25.7 Å². The fraction of sp³-hybridized carbons (Fsp3) is 0.727. The third-order valence-electron chi connectivity index (χ3n) is 2.96. The number of nitrogens with zero attached hydrogens (tertiary/aromatic N) is 1. The zero-order valence-electron chi connectivity index (χ0n) is 10.4. The van der Waals surface area contributed by atoms with Crippen LogP contribution >= 0.6 is 0 Å². The molecule has 0 aromatic carbocycles. The molecule has 0 aliphatic carbocycles. The number of aliphatic carboxylic acids is 1. The lowest BCUT2D eigenvalue weighted by Gasteiger charge is -2.23. The maximum Gasteiger partial charge on any atom is 0.317 e. The second-order valence-corrected chi connectivity index (χ2v) is 4.24. The van der Waals surface area contributed by atoms with E-state index in [-0.39, 0.29) is 37.4 Å². The summed E-state index contributed by atoms with van der Waals surface area (Å²) in [6.45, 7) is 0.832. The van der Waals surface area contributed by atoms with Crippen molar-refractivity contribution in [1.82, 2.24) is 15.5 Å². The minimum absolute atomic E-state index is 0.0249. The molecule has 0 spiro atoms. The van der Waals surface area contributed by atoms with Crippen LogP contribution in [0, 0.1) is 0 Å². The Labute approximate surface area is 106 Å². The van der Waals surface area contributed by atoms with Crippen molar-refractivity contribution in [3.8, 4) is 0 Å². The summed E-state index contributed by atoms with van der Waals surface area (Å²) >= 11 is 0. The SMILES string of the molecule is CNC(=O)CCNC(=O)N1CCCC1CC(=O)O. The number of urea groups is 1. The highest BCUT2D eigenvalue weighted by Crippen LogP contribution is 2.19. The van der Waals surface area contributed by atoms with Gasteiger partial charge in [-0.1, -0.05) is 0 Å². The summed E-state index contributed by atoms with van der Waals surface area (Å²) in [5.41, 5.74) is 0. The highest BCUT2D eigenvalue weighted by atomic mass is 16.4. The van der Waals surface area contributed by atoms with Gasteiger partial charge in [0.2, 0.25) is 5.91 Å². The largest absolute Gasteiger partial charge is 0.481 e. The fourth-order valence-corrected chi connectivity index (χ4v) is 2.03. The van der Waals surface area contributed by atoms with E-state index < -0.39 is 5.97 Å². The topological polar surface area (TPSA) is 98.7 Å². The Morgan fingerprint density at radius 3 is 2.72 bits per heavy atom. The zero-order valence-corrected chi connectivity index (χ0v) is 10.4. The van der Waals surface area contributed by atoms with Crippen LogP contribution in [0.25, 0.3) is 0 Å². The molecule has 0 aromatic heterocycles. The predicted octanol–water partition coefficient (Wildman–Crippen LogP) is -0.229. The van der Waals surface area contributed by atoms with Gasteiger partial charge >= 0.3 is 12.0 Å². The Morgan fingerprint density at radius 2 is 2.11 bits per heavy atom. The molecule has 0 saturated carbocycles. The van der Waals surface area contributed by atoms with Gasteiger partial charge in [-0.25, -0.2) is 4.79 Å². The van der Waals surface area contributed by atoms with E-state index in [1.165, 1.54) is 11.9 Å². The molecule has 1 unspecified atom stereocenters. The molecule has 1 atom stereocenters. The molecule has 18 heavy (non-hydrogen) atoms. The smallest absolute Gasteiger partial charge is 0.317 e. The Kier molecular flexibility index (Phi) is 5.41. The standard InChI is InChI=1S/C11H19N3O4/c1-12-9(15)4-5-13-11(18)14-6-2-3-8(14)7-10(16)17/h8H,2-7H2,1H3,(H,12,15)(H,13,18)(H,16,17). The van der Waals surface area contributed by atoms with E-state index in [0.29, 0.717) is 6.54 Å². The fourth-order valence-electron chi connectivity index (χ4n) is 2.03. The van der Waals surface area contributed by atoms with Crippen molar-refractivity contribution in [3.63, 3.8) is 0 Å². The number of rotatable bonds is 5. The highest BCUT2D eigenvalue weighted by molar-refractivity contribution is 5.78. The van der Waals surface area contributed by atoms with Gasteiger partial charge in [-0.2, -0.15) is 0 Å². The first-order valence-corrected chi connectivity index (χ1v) is 6.01. The normalized spacial score (nSPS) is 18.5. The van der Waals surface area contributed by atoms with E-state index >= 15 is 0 Å². The number of amides is 3. The van der Waals surface area contributed by atoms with E-state index in [0.717, 1.165) is 12.8 Å². The second kappa shape index (κ2) is 6.83. The van der Waals surface area contributed by atoms with Crippen molar-refractivity contribution in [1.29, 1.82) is 0 Å². The molecule has 102 valence electrons. The van der Waals surface area contributed by atoms with Crippen molar-refractivity contribution >= 4 is 17.9 Å². The first-order valence-electron chi connectivity index (χ1n) is 6.01. The summed E-state index contributed by atoms with van der Waals surface area (Å²) in [5.74, 6) is -1.04. The van der Waals surface area contributed by atoms with Gasteiger partial charge in [0.1, 0.15) is 0 Å². The highest BCUT2D eigenvalue weighted by Gasteiger charge is 2.30. The molecule has 7 nitrogen and oxygen atoms in total. The van der Waals surface area contributed by atoms with Gasteiger partial charge in [-0.15, -0.1) is 0 Å². The number of carbonyl (C=O) groups excluding carboxylic acids is 2. The average molecular weight is 257 g/mol. The molecule has 7 heteroatoms. The van der Waals surface area contributed by atoms with Crippen LogP contribution < -0.4 is 10.6 Å². The summed E-state index contributed by atoms with van der Waals surface area (Å²) in [6.07, 6.45) is 1.73. The molecular weight excluding hydrogens is 238 g/mol. The summed E-state index contributed by atoms with van der Waals surface area (Å²) in [6, 6.07) is -0.523. The Morgan fingerprint density at radius 1 is 1.39 bits per heavy atom. The molecule has 1 heterocycles. The number of carbonyl (C=O) groups is 3. The van der Waals surface area contributed by atoms with Crippen LogP contribution in [0.15, 0.2) is 0 Å². The van der Waals surface area contributed by atoms with Gasteiger partial charge in [0.05, 0.1) is 6.42 Å². The summed E-state index contributed by atoms with van der Waals surface area (Å²) in [7, 11) is 1.54. The molecule has 3 amide bonds. The van der Waals surface area contributed by atoms with E-state index in [1.807, 2.05) is 0 Å². The van der Waals surface area contributed by atoms with Gasteiger partial charge in [0.25, 0.3) is 0 Å². The summed E-state index contributed by atoms with van der Waals surface area (Å²) < 4.78 is 0. The number of hydrogen-bond acceptors (Lipinski definition) is 3. The molecule has 1 aliphatic rings. The molecule has 0 radical (unpaired) electrons. The number of carboxylic acids is 1. The van der Waals surface area contributed by atoms with Crippen LogP contribution in [-0.4, -0.2) is 54.1 Å². The minimum Gasteiger partial charge on any atom is -0.481 e. The van der Waals surface area contributed by atoms with Crippen LogP contribution in [0.4, 0.5) is 4.79 Å². The van der Waals surface area contributed by atoms with E-state index in [2.05, 4.69) is 10.6 Å². The number of nitrogens with one attached hydrogen (secondary N) is 2. The lowest BCUT2D eigenvalue weighted by atomic mass is 10.1. The van der Waals surface area contributed by atoms with Gasteiger partial charge in [-0.3, -0.25) is 9.59 Å². The van der Waals surface area contributed by atoms with Gasteiger partial charge in [-0.05, 0) is 12.8 Å². The lowest BCUT2D eigenvalue weighted by molar-refractivity contribution is -0.138. The van der Waals surface area contributed by atoms with Gasteiger partial charge < -0.3 is 20.6 Å². The van der Waals surface area contributed by atoms with Crippen LogP contribution in [0.3, 0.4) is 0 Å². The maximum atomic E-state index is 11.8. The van der Waals surface area contributed by atoms with E-state index in [9.17, 15) is 14.4 Å². The Balaban J connectivity index is 2.35. The number of hydrogen-bond donors (Lipinski definition) is 3. The zero-order chi connectivity index (χ0) is 13.5. The molecular formula is C11H19N3O4. The molecule has 1 aliphatic heterocycles. The Hall–Kier alpha value is -1.79.